The third kappa shape index (κ3) is 3.23. The van der Waals surface area contributed by atoms with E-state index in [-0.39, 0.29) is 0 Å². The minimum absolute atomic E-state index is 0.596. The normalized spacial score (nSPS) is 24.8. The first-order valence-corrected chi connectivity index (χ1v) is 10.6. The third-order valence-electron chi connectivity index (χ3n) is 7.12. The van der Waals surface area contributed by atoms with E-state index in [9.17, 15) is 5.26 Å². The molecule has 0 bridgehead atoms. The standard InChI is InChI=1S/C22H28N6/c23-13-18-1-2-19(21-20(18)25-8-9-26-21)28-10-3-17(15-28)14-27-11-5-22(6-12-27)4-7-24-16-22/h1-2,8-9,17,24H,3-7,10-12,14-16H2. The van der Waals surface area contributed by atoms with Crippen LogP contribution in [0.5, 0.6) is 0 Å². The Morgan fingerprint density at radius 1 is 1.11 bits per heavy atom. The maximum absolute atomic E-state index is 9.35. The number of nitrogens with one attached hydrogen (secondary N) is 1. The second-order valence-electron chi connectivity index (χ2n) is 8.83. The topological polar surface area (TPSA) is 68.1 Å². The maximum Gasteiger partial charge on any atom is 0.113 e. The van der Waals surface area contributed by atoms with Gasteiger partial charge in [-0.1, -0.05) is 0 Å². The molecule has 1 spiro atoms. The van der Waals surface area contributed by atoms with Gasteiger partial charge in [-0.3, -0.25) is 9.97 Å². The first-order valence-electron chi connectivity index (χ1n) is 10.6. The number of rotatable bonds is 3. The smallest absolute Gasteiger partial charge is 0.113 e. The van der Waals surface area contributed by atoms with E-state index in [1.807, 2.05) is 6.07 Å². The SMILES string of the molecule is N#Cc1ccc(N2CCC(CN3CCC4(CCNC4)CC3)C2)c2nccnc12. The van der Waals surface area contributed by atoms with Crippen LogP contribution in [-0.4, -0.2) is 60.7 Å². The first-order chi connectivity index (χ1) is 13.8. The van der Waals surface area contributed by atoms with Gasteiger partial charge in [-0.2, -0.15) is 5.26 Å². The van der Waals surface area contributed by atoms with Gasteiger partial charge in [0.25, 0.3) is 0 Å². The highest BCUT2D eigenvalue weighted by atomic mass is 15.2. The Hall–Kier alpha value is -2.23. The molecule has 0 amide bonds. The van der Waals surface area contributed by atoms with E-state index in [2.05, 4.69) is 37.2 Å². The van der Waals surface area contributed by atoms with Gasteiger partial charge < -0.3 is 15.1 Å². The van der Waals surface area contributed by atoms with E-state index in [0.29, 0.717) is 16.9 Å². The van der Waals surface area contributed by atoms with Crippen LogP contribution in [0.4, 0.5) is 5.69 Å². The number of nitrogens with zero attached hydrogens (tertiary/aromatic N) is 5. The quantitative estimate of drug-likeness (QED) is 0.887. The van der Waals surface area contributed by atoms with Crippen LogP contribution in [0, 0.1) is 22.7 Å². The summed E-state index contributed by atoms with van der Waals surface area (Å²) < 4.78 is 0. The number of benzene rings is 1. The van der Waals surface area contributed by atoms with Crippen LogP contribution in [0.15, 0.2) is 24.5 Å². The van der Waals surface area contributed by atoms with Crippen molar-refractivity contribution >= 4 is 16.7 Å². The van der Waals surface area contributed by atoms with Crippen molar-refractivity contribution in [1.82, 2.24) is 20.2 Å². The Balaban J connectivity index is 1.25. The maximum atomic E-state index is 9.35. The van der Waals surface area contributed by atoms with Crippen molar-refractivity contribution in [3.8, 4) is 6.07 Å². The molecular formula is C22H28N6. The van der Waals surface area contributed by atoms with Crippen molar-refractivity contribution in [3.63, 3.8) is 0 Å². The fourth-order valence-electron chi connectivity index (χ4n) is 5.39. The lowest BCUT2D eigenvalue weighted by molar-refractivity contribution is 0.107. The highest BCUT2D eigenvalue weighted by molar-refractivity contribution is 5.92. The van der Waals surface area contributed by atoms with Crippen molar-refractivity contribution in [1.29, 1.82) is 5.26 Å². The Morgan fingerprint density at radius 3 is 2.68 bits per heavy atom. The van der Waals surface area contributed by atoms with Gasteiger partial charge in [-0.25, -0.2) is 0 Å². The van der Waals surface area contributed by atoms with E-state index in [1.54, 1.807) is 12.4 Å². The first kappa shape index (κ1) is 17.8. The lowest BCUT2D eigenvalue weighted by atomic mass is 9.77. The van der Waals surface area contributed by atoms with E-state index in [0.717, 1.165) is 29.8 Å². The van der Waals surface area contributed by atoms with Gasteiger partial charge in [0.2, 0.25) is 0 Å². The van der Waals surface area contributed by atoms with Crippen molar-refractivity contribution in [2.45, 2.75) is 25.7 Å². The summed E-state index contributed by atoms with van der Waals surface area (Å²) >= 11 is 0. The Bertz CT molecular complexity index is 888. The minimum Gasteiger partial charge on any atom is -0.369 e. The van der Waals surface area contributed by atoms with Crippen LogP contribution in [0.1, 0.15) is 31.2 Å². The molecule has 1 atom stereocenters. The summed E-state index contributed by atoms with van der Waals surface area (Å²) in [6.07, 6.45) is 8.69. The number of anilines is 1. The molecule has 3 aliphatic rings. The second-order valence-corrected chi connectivity index (χ2v) is 8.83. The summed E-state index contributed by atoms with van der Waals surface area (Å²) in [4.78, 5) is 14.1. The van der Waals surface area contributed by atoms with Gasteiger partial charge in [0.1, 0.15) is 17.1 Å². The Morgan fingerprint density at radius 2 is 1.93 bits per heavy atom. The van der Waals surface area contributed by atoms with Crippen molar-refractivity contribution in [2.24, 2.45) is 11.3 Å². The number of fused-ring (bicyclic) bond motifs is 1. The molecule has 3 aliphatic heterocycles. The molecule has 0 radical (unpaired) electrons. The van der Waals surface area contributed by atoms with Crippen molar-refractivity contribution in [2.75, 3.05) is 50.7 Å². The molecular weight excluding hydrogens is 348 g/mol. The molecule has 2 aromatic rings. The predicted molar refractivity (Wildman–Crippen MR) is 110 cm³/mol. The fraction of sp³-hybridized carbons (Fsp3) is 0.591. The van der Waals surface area contributed by atoms with Crippen LogP contribution < -0.4 is 10.2 Å². The molecule has 28 heavy (non-hydrogen) atoms. The van der Waals surface area contributed by atoms with Gasteiger partial charge >= 0.3 is 0 Å². The number of likely N-dealkylation sites (tertiary alicyclic amines) is 1. The zero-order chi connectivity index (χ0) is 19.0. The fourth-order valence-corrected chi connectivity index (χ4v) is 5.39. The van der Waals surface area contributed by atoms with Gasteiger partial charge in [0.15, 0.2) is 0 Å². The Kier molecular flexibility index (Phi) is 4.65. The van der Waals surface area contributed by atoms with E-state index >= 15 is 0 Å². The minimum atomic E-state index is 0.596. The third-order valence-corrected chi connectivity index (χ3v) is 7.12. The summed E-state index contributed by atoms with van der Waals surface area (Å²) in [5.41, 5.74) is 3.90. The molecule has 6 nitrogen and oxygen atoms in total. The van der Waals surface area contributed by atoms with Crippen LogP contribution in [0.3, 0.4) is 0 Å². The molecule has 146 valence electrons. The molecule has 1 N–H and O–H groups in total. The molecule has 6 heteroatoms. The molecule has 1 aromatic carbocycles. The van der Waals surface area contributed by atoms with Gasteiger partial charge in [-0.15, -0.1) is 0 Å². The number of hydrogen-bond acceptors (Lipinski definition) is 6. The number of aromatic nitrogens is 2. The van der Waals surface area contributed by atoms with E-state index in [4.69, 9.17) is 0 Å². The second kappa shape index (κ2) is 7.31. The van der Waals surface area contributed by atoms with Crippen LogP contribution in [-0.2, 0) is 0 Å². The van der Waals surface area contributed by atoms with Gasteiger partial charge in [-0.05, 0) is 68.8 Å². The highest BCUT2D eigenvalue weighted by Crippen LogP contribution is 2.37. The zero-order valence-corrected chi connectivity index (χ0v) is 16.4. The lowest BCUT2D eigenvalue weighted by Gasteiger charge is -2.39. The van der Waals surface area contributed by atoms with Crippen molar-refractivity contribution in [3.05, 3.63) is 30.1 Å². The van der Waals surface area contributed by atoms with Crippen LogP contribution in [0.2, 0.25) is 0 Å². The van der Waals surface area contributed by atoms with Gasteiger partial charge in [0, 0.05) is 38.6 Å². The van der Waals surface area contributed by atoms with Crippen LogP contribution in [0.25, 0.3) is 11.0 Å². The lowest BCUT2D eigenvalue weighted by Crippen LogP contribution is -2.43. The molecule has 5 rings (SSSR count). The summed E-state index contributed by atoms with van der Waals surface area (Å²) in [6.45, 7) is 8.28. The monoisotopic (exact) mass is 376 g/mol. The molecule has 3 saturated heterocycles. The van der Waals surface area contributed by atoms with Crippen molar-refractivity contribution < 1.29 is 0 Å². The number of hydrogen-bond donors (Lipinski definition) is 1. The molecule has 1 unspecified atom stereocenters. The highest BCUT2D eigenvalue weighted by Gasteiger charge is 2.37. The molecule has 1 aromatic heterocycles. The average molecular weight is 377 g/mol. The molecule has 0 saturated carbocycles. The predicted octanol–water partition coefficient (Wildman–Crippen LogP) is 2.40. The van der Waals surface area contributed by atoms with E-state index in [1.165, 1.54) is 58.4 Å². The number of nitriles is 1. The molecule has 3 fully saturated rings. The molecule has 0 aliphatic carbocycles. The van der Waals surface area contributed by atoms with Gasteiger partial charge in [0.05, 0.1) is 11.3 Å². The molecule has 4 heterocycles. The van der Waals surface area contributed by atoms with E-state index < -0.39 is 0 Å². The zero-order valence-electron chi connectivity index (χ0n) is 16.4. The largest absolute Gasteiger partial charge is 0.369 e. The van der Waals surface area contributed by atoms with Crippen LogP contribution >= 0.6 is 0 Å². The number of piperidine rings is 1. The summed E-state index contributed by atoms with van der Waals surface area (Å²) in [6, 6.07) is 6.18. The summed E-state index contributed by atoms with van der Waals surface area (Å²) in [5, 5.41) is 12.9. The Labute approximate surface area is 166 Å². The summed E-state index contributed by atoms with van der Waals surface area (Å²) in [7, 11) is 0. The average Bonchev–Trinajstić information content (AvgIpc) is 3.39. The summed E-state index contributed by atoms with van der Waals surface area (Å²) in [5.74, 6) is 0.707.